The van der Waals surface area contributed by atoms with Gasteiger partial charge in [-0.3, -0.25) is 0 Å². The predicted octanol–water partition coefficient (Wildman–Crippen LogP) is 6.39. The number of alkyl halides is 4. The van der Waals surface area contributed by atoms with Crippen LogP contribution in [-0.4, -0.2) is 46.1 Å². The lowest BCUT2D eigenvalue weighted by Crippen LogP contribution is -2.52. The van der Waals surface area contributed by atoms with Crippen molar-refractivity contribution in [3.63, 3.8) is 0 Å². The normalized spacial score (nSPS) is 31.0. The third-order valence-corrected chi connectivity index (χ3v) is 8.74. The third kappa shape index (κ3) is 6.97. The summed E-state index contributed by atoms with van der Waals surface area (Å²) in [5.74, 6) is -0.0422. The number of rotatable bonds is 10. The molecule has 2 unspecified atom stereocenters. The van der Waals surface area contributed by atoms with Gasteiger partial charge in [0.2, 0.25) is 0 Å². The molecule has 0 aromatic carbocycles. The fourth-order valence-electron chi connectivity index (χ4n) is 3.74. The van der Waals surface area contributed by atoms with Crippen LogP contribution in [0.2, 0.25) is 0 Å². The van der Waals surface area contributed by atoms with E-state index in [1.165, 1.54) is 0 Å². The summed E-state index contributed by atoms with van der Waals surface area (Å²) in [4.78, 5) is 0. The molecule has 148 valence electrons. The molecule has 7 heteroatoms. The Hall–Kier alpha value is 1.80. The molecule has 0 amide bonds. The van der Waals surface area contributed by atoms with Crippen molar-refractivity contribution < 1.29 is 14.2 Å². The fraction of sp³-hybridized carbons (Fsp3) is 1.00. The van der Waals surface area contributed by atoms with E-state index >= 15 is 0 Å². The summed E-state index contributed by atoms with van der Waals surface area (Å²) in [6.07, 6.45) is 8.30. The van der Waals surface area contributed by atoms with Crippen molar-refractivity contribution >= 4 is 63.7 Å². The average Bonchev–Trinajstić information content (AvgIpc) is 2.65. The molecule has 2 aliphatic rings. The number of hydrogen-bond donors (Lipinski definition) is 0. The Labute approximate surface area is 186 Å². The van der Waals surface area contributed by atoms with Crippen LogP contribution in [0.15, 0.2) is 0 Å². The van der Waals surface area contributed by atoms with Crippen molar-refractivity contribution in [3.05, 3.63) is 0 Å². The van der Waals surface area contributed by atoms with Gasteiger partial charge in [-0.2, -0.15) is 0 Å². The molecule has 2 aliphatic heterocycles. The zero-order valence-electron chi connectivity index (χ0n) is 14.8. The molecule has 0 spiro atoms. The second-order valence-electron chi connectivity index (χ2n) is 7.29. The van der Waals surface area contributed by atoms with Crippen molar-refractivity contribution in [3.8, 4) is 0 Å². The number of hydrogen-bond acceptors (Lipinski definition) is 3. The van der Waals surface area contributed by atoms with Gasteiger partial charge in [-0.15, -0.1) is 0 Å². The molecule has 2 atom stereocenters. The van der Waals surface area contributed by atoms with Crippen LogP contribution in [0.1, 0.15) is 51.4 Å². The van der Waals surface area contributed by atoms with Gasteiger partial charge in [-0.05, 0) is 37.5 Å². The topological polar surface area (TPSA) is 27.7 Å². The first-order valence-electron chi connectivity index (χ1n) is 9.33. The molecule has 25 heavy (non-hydrogen) atoms. The van der Waals surface area contributed by atoms with Crippen LogP contribution in [0.5, 0.6) is 0 Å². The summed E-state index contributed by atoms with van der Waals surface area (Å²) in [5.41, 5.74) is 0. The minimum Gasteiger partial charge on any atom is -0.350 e. The molecule has 0 N–H and O–H groups in total. The number of ether oxygens (including phenoxy) is 3. The second kappa shape index (κ2) is 11.7. The van der Waals surface area contributed by atoms with E-state index in [1.807, 2.05) is 0 Å². The Morgan fingerprint density at radius 2 is 1.08 bits per heavy atom. The highest BCUT2D eigenvalue weighted by Gasteiger charge is 2.47. The lowest BCUT2D eigenvalue weighted by molar-refractivity contribution is -0.383. The maximum Gasteiger partial charge on any atom is 0.172 e. The van der Waals surface area contributed by atoms with E-state index < -0.39 is 11.6 Å². The molecular formula is C18H30Br4O3. The van der Waals surface area contributed by atoms with Crippen LogP contribution in [0, 0.1) is 11.8 Å². The summed E-state index contributed by atoms with van der Waals surface area (Å²) >= 11 is 14.6. The van der Waals surface area contributed by atoms with Gasteiger partial charge in [0.05, 0.1) is 13.2 Å². The van der Waals surface area contributed by atoms with E-state index in [-0.39, 0.29) is 0 Å². The van der Waals surface area contributed by atoms with E-state index in [1.54, 1.807) is 0 Å². The minimum absolute atomic E-state index is 0.488. The van der Waals surface area contributed by atoms with Gasteiger partial charge in [-0.1, -0.05) is 63.7 Å². The SMILES string of the molecule is BrCC(CBr)CC1(OC2(CC(CBr)CBr)CCCCO2)CCCCO1. The molecule has 2 heterocycles. The van der Waals surface area contributed by atoms with Gasteiger partial charge in [-0.25, -0.2) is 0 Å². The average molecular weight is 614 g/mol. The van der Waals surface area contributed by atoms with E-state index in [4.69, 9.17) is 14.2 Å². The first-order chi connectivity index (χ1) is 12.1. The molecule has 0 aliphatic carbocycles. The Bertz CT molecular complexity index is 329. The van der Waals surface area contributed by atoms with E-state index in [9.17, 15) is 0 Å². The van der Waals surface area contributed by atoms with Crippen molar-refractivity contribution in [2.24, 2.45) is 11.8 Å². The van der Waals surface area contributed by atoms with Crippen molar-refractivity contribution in [2.45, 2.75) is 62.9 Å². The number of halogens is 4. The fourth-order valence-corrected chi connectivity index (χ4v) is 6.80. The van der Waals surface area contributed by atoms with Crippen LogP contribution in [0.25, 0.3) is 0 Å². The Kier molecular flexibility index (Phi) is 10.8. The van der Waals surface area contributed by atoms with E-state index in [2.05, 4.69) is 63.7 Å². The third-order valence-electron chi connectivity index (χ3n) is 5.08. The Morgan fingerprint density at radius 3 is 1.36 bits per heavy atom. The molecule has 0 aromatic rings. The van der Waals surface area contributed by atoms with Gasteiger partial charge in [0.15, 0.2) is 11.6 Å². The quantitative estimate of drug-likeness (QED) is 0.267. The van der Waals surface area contributed by atoms with Crippen LogP contribution < -0.4 is 0 Å². The Balaban J connectivity index is 2.18. The molecule has 0 aromatic heterocycles. The first-order valence-corrected chi connectivity index (χ1v) is 13.8. The van der Waals surface area contributed by atoms with E-state index in [0.717, 1.165) is 85.9 Å². The summed E-state index contributed by atoms with van der Waals surface area (Å²) in [5, 5.41) is 3.80. The highest BCUT2D eigenvalue weighted by molar-refractivity contribution is 9.10. The second-order valence-corrected chi connectivity index (χ2v) is 9.88. The molecular weight excluding hydrogens is 584 g/mol. The highest BCUT2D eigenvalue weighted by atomic mass is 79.9. The standard InChI is InChI=1S/C18H30Br4O3/c19-11-15(12-20)9-17(5-1-3-7-23-17)25-18(6-2-4-8-24-18)10-16(13-21)14-22/h15-16H,1-14H2. The van der Waals surface area contributed by atoms with Gasteiger partial charge >= 0.3 is 0 Å². The van der Waals surface area contributed by atoms with Crippen LogP contribution in [-0.2, 0) is 14.2 Å². The molecule has 0 bridgehead atoms. The molecule has 3 nitrogen and oxygen atoms in total. The van der Waals surface area contributed by atoms with Crippen LogP contribution in [0.3, 0.4) is 0 Å². The highest BCUT2D eigenvalue weighted by Crippen LogP contribution is 2.43. The minimum atomic E-state index is -0.509. The summed E-state index contributed by atoms with van der Waals surface area (Å²) < 4.78 is 19.5. The largest absolute Gasteiger partial charge is 0.350 e. The monoisotopic (exact) mass is 610 g/mol. The van der Waals surface area contributed by atoms with Gasteiger partial charge in [0, 0.05) is 47.0 Å². The predicted molar refractivity (Wildman–Crippen MR) is 118 cm³/mol. The zero-order chi connectivity index (χ0) is 18.2. The molecule has 0 radical (unpaired) electrons. The van der Waals surface area contributed by atoms with Crippen molar-refractivity contribution in [2.75, 3.05) is 34.5 Å². The summed E-state index contributed by atoms with van der Waals surface area (Å²) in [7, 11) is 0. The van der Waals surface area contributed by atoms with Gasteiger partial charge in [0.1, 0.15) is 0 Å². The lowest BCUT2D eigenvalue weighted by atomic mass is 9.92. The van der Waals surface area contributed by atoms with Crippen LogP contribution >= 0.6 is 63.7 Å². The maximum absolute atomic E-state index is 6.85. The molecule has 2 saturated heterocycles. The zero-order valence-corrected chi connectivity index (χ0v) is 21.1. The van der Waals surface area contributed by atoms with Crippen molar-refractivity contribution in [1.82, 2.24) is 0 Å². The maximum atomic E-state index is 6.85. The van der Waals surface area contributed by atoms with Crippen molar-refractivity contribution in [1.29, 1.82) is 0 Å². The Morgan fingerprint density at radius 1 is 0.680 bits per heavy atom. The van der Waals surface area contributed by atoms with E-state index in [0.29, 0.717) is 11.8 Å². The summed E-state index contributed by atoms with van der Waals surface area (Å²) in [6.45, 7) is 1.57. The summed E-state index contributed by atoms with van der Waals surface area (Å²) in [6, 6.07) is 0. The van der Waals surface area contributed by atoms with Gasteiger partial charge < -0.3 is 14.2 Å². The molecule has 0 saturated carbocycles. The molecule has 2 fully saturated rings. The van der Waals surface area contributed by atoms with Crippen LogP contribution in [0.4, 0.5) is 0 Å². The first kappa shape index (κ1) is 23.1. The smallest absolute Gasteiger partial charge is 0.172 e. The molecule has 2 rings (SSSR count). The lowest BCUT2D eigenvalue weighted by Gasteiger charge is -2.48. The van der Waals surface area contributed by atoms with Gasteiger partial charge in [0.25, 0.3) is 0 Å².